The number of aldehydes is 1. The molecule has 0 atom stereocenters. The first kappa shape index (κ1) is 22.4. The molecule has 2 N–H and O–H groups in total. The standard InChI is InChI=1S/C23H13ClF2N4O.CH5N/c1-12-29-21-14(11-31)9-13(15-5-7-28-23(26)20(15)25)10-19(21)30(12)18-6-8-27-22-16(18)3-2-4-17(22)24;1-2/h2-11H,1H3;2H2,1H3. The van der Waals surface area contributed by atoms with Crippen LogP contribution in [0.3, 0.4) is 0 Å². The number of pyridine rings is 2. The lowest BCUT2D eigenvalue weighted by Crippen LogP contribution is -2.00. The number of carbonyl (C=O) groups excluding carboxylic acids is 1. The normalized spacial score (nSPS) is 10.8. The number of rotatable bonds is 3. The monoisotopic (exact) mass is 465 g/mol. The van der Waals surface area contributed by atoms with Crippen LogP contribution in [0.4, 0.5) is 8.78 Å². The molecule has 5 aromatic rings. The summed E-state index contributed by atoms with van der Waals surface area (Å²) < 4.78 is 30.0. The van der Waals surface area contributed by atoms with Gasteiger partial charge in [0.15, 0.2) is 12.1 Å². The third-order valence-electron chi connectivity index (χ3n) is 5.18. The first-order valence-corrected chi connectivity index (χ1v) is 10.3. The smallest absolute Gasteiger partial charge is 0.249 e. The number of imidazole rings is 1. The molecule has 0 aliphatic heterocycles. The second-order valence-corrected chi connectivity index (χ2v) is 7.38. The molecule has 0 saturated heterocycles. The molecule has 33 heavy (non-hydrogen) atoms. The molecule has 3 heterocycles. The van der Waals surface area contributed by atoms with E-state index in [1.54, 1.807) is 25.3 Å². The predicted molar refractivity (Wildman–Crippen MR) is 125 cm³/mol. The summed E-state index contributed by atoms with van der Waals surface area (Å²) in [7, 11) is 1.50. The largest absolute Gasteiger partial charge is 0.333 e. The maximum Gasteiger partial charge on any atom is 0.249 e. The van der Waals surface area contributed by atoms with E-state index in [-0.39, 0.29) is 11.1 Å². The Kier molecular flexibility index (Phi) is 6.13. The number of halogens is 3. The van der Waals surface area contributed by atoms with Gasteiger partial charge in [0.05, 0.1) is 27.3 Å². The molecule has 0 radical (unpaired) electrons. The molecule has 6 nitrogen and oxygen atoms in total. The van der Waals surface area contributed by atoms with Crippen LogP contribution in [0, 0.1) is 18.7 Å². The summed E-state index contributed by atoms with van der Waals surface area (Å²) in [6, 6.07) is 11.8. The average molecular weight is 466 g/mol. The van der Waals surface area contributed by atoms with Gasteiger partial charge >= 0.3 is 0 Å². The van der Waals surface area contributed by atoms with Crippen molar-refractivity contribution in [1.82, 2.24) is 19.5 Å². The molecular formula is C24H18ClF2N5O. The Hall–Kier alpha value is -3.75. The maximum atomic E-state index is 14.4. The second kappa shape index (κ2) is 9.01. The van der Waals surface area contributed by atoms with Crippen molar-refractivity contribution in [3.05, 3.63) is 83.0 Å². The minimum absolute atomic E-state index is 0.00512. The summed E-state index contributed by atoms with van der Waals surface area (Å²) >= 11 is 6.32. The molecule has 0 bridgehead atoms. The van der Waals surface area contributed by atoms with Gasteiger partial charge in [0.25, 0.3) is 0 Å². The van der Waals surface area contributed by atoms with E-state index < -0.39 is 11.8 Å². The van der Waals surface area contributed by atoms with Crippen LogP contribution in [-0.4, -0.2) is 32.9 Å². The number of hydrogen-bond donors (Lipinski definition) is 1. The van der Waals surface area contributed by atoms with Crippen LogP contribution in [0.1, 0.15) is 16.2 Å². The van der Waals surface area contributed by atoms with Gasteiger partial charge in [-0.05, 0) is 49.9 Å². The van der Waals surface area contributed by atoms with E-state index in [0.717, 1.165) is 11.1 Å². The number of carbonyl (C=O) groups is 1. The van der Waals surface area contributed by atoms with Crippen molar-refractivity contribution in [2.75, 3.05) is 7.05 Å². The zero-order valence-corrected chi connectivity index (χ0v) is 18.4. The van der Waals surface area contributed by atoms with Gasteiger partial charge in [-0.1, -0.05) is 23.7 Å². The first-order valence-electron chi connectivity index (χ1n) is 9.89. The van der Waals surface area contributed by atoms with Crippen LogP contribution in [0.5, 0.6) is 0 Å². The highest BCUT2D eigenvalue weighted by Gasteiger charge is 2.19. The fourth-order valence-electron chi connectivity index (χ4n) is 3.83. The molecule has 0 amide bonds. The maximum absolute atomic E-state index is 14.4. The van der Waals surface area contributed by atoms with Crippen molar-refractivity contribution in [2.45, 2.75) is 6.92 Å². The predicted octanol–water partition coefficient (Wildman–Crippen LogP) is 5.26. The van der Waals surface area contributed by atoms with Crippen LogP contribution < -0.4 is 5.73 Å². The average Bonchev–Trinajstić information content (AvgIpc) is 3.17. The summed E-state index contributed by atoms with van der Waals surface area (Å²) in [4.78, 5) is 24.1. The van der Waals surface area contributed by atoms with E-state index in [9.17, 15) is 13.6 Å². The molecule has 0 spiro atoms. The van der Waals surface area contributed by atoms with E-state index in [4.69, 9.17) is 11.6 Å². The Labute approximate surface area is 192 Å². The molecule has 166 valence electrons. The minimum Gasteiger partial charge on any atom is -0.333 e. The molecule has 3 aromatic heterocycles. The van der Waals surface area contributed by atoms with E-state index >= 15 is 0 Å². The van der Waals surface area contributed by atoms with Crippen molar-refractivity contribution >= 4 is 39.8 Å². The number of aryl methyl sites for hydroxylation is 1. The third kappa shape index (κ3) is 3.73. The molecular weight excluding hydrogens is 448 g/mol. The van der Waals surface area contributed by atoms with Crippen molar-refractivity contribution in [3.8, 4) is 16.8 Å². The lowest BCUT2D eigenvalue weighted by molar-refractivity contribution is 0.112. The van der Waals surface area contributed by atoms with Crippen LogP contribution in [0.2, 0.25) is 5.02 Å². The summed E-state index contributed by atoms with van der Waals surface area (Å²) in [5, 5.41) is 1.29. The van der Waals surface area contributed by atoms with Gasteiger partial charge in [-0.3, -0.25) is 14.3 Å². The second-order valence-electron chi connectivity index (χ2n) is 6.97. The molecule has 0 aliphatic rings. The highest BCUT2D eigenvalue weighted by molar-refractivity contribution is 6.35. The number of hydrogen-bond acceptors (Lipinski definition) is 5. The van der Waals surface area contributed by atoms with E-state index in [1.807, 2.05) is 22.8 Å². The van der Waals surface area contributed by atoms with Gasteiger partial charge in [0.2, 0.25) is 5.95 Å². The van der Waals surface area contributed by atoms with E-state index in [1.165, 1.54) is 25.4 Å². The van der Waals surface area contributed by atoms with E-state index in [0.29, 0.717) is 39.2 Å². The Bertz CT molecular complexity index is 1520. The molecule has 0 fully saturated rings. The Morgan fingerprint density at radius 3 is 2.55 bits per heavy atom. The van der Waals surface area contributed by atoms with Gasteiger partial charge in [-0.2, -0.15) is 4.39 Å². The Balaban J connectivity index is 0.00000126. The van der Waals surface area contributed by atoms with Crippen LogP contribution in [0.15, 0.2) is 54.9 Å². The molecule has 5 rings (SSSR count). The number of nitrogens with two attached hydrogens (primary N) is 1. The zero-order chi connectivity index (χ0) is 23.7. The Morgan fingerprint density at radius 2 is 1.79 bits per heavy atom. The third-order valence-corrected chi connectivity index (χ3v) is 5.49. The summed E-state index contributed by atoms with van der Waals surface area (Å²) in [6.45, 7) is 1.80. The molecule has 0 unspecified atom stereocenters. The summed E-state index contributed by atoms with van der Waals surface area (Å²) in [5.74, 6) is -1.67. The first-order chi connectivity index (χ1) is 16.0. The molecule has 0 aliphatic carbocycles. The molecule has 2 aromatic carbocycles. The zero-order valence-electron chi connectivity index (χ0n) is 17.7. The molecule has 0 saturated carbocycles. The van der Waals surface area contributed by atoms with Crippen LogP contribution in [0.25, 0.3) is 38.8 Å². The van der Waals surface area contributed by atoms with Gasteiger partial charge in [-0.15, -0.1) is 0 Å². The lowest BCUT2D eigenvalue weighted by Gasteiger charge is -2.12. The quantitative estimate of drug-likeness (QED) is 0.290. The number of para-hydroxylation sites is 1. The fourth-order valence-corrected chi connectivity index (χ4v) is 4.05. The SMILES string of the molecule is CN.Cc1nc2c(C=O)cc(-c3ccnc(F)c3F)cc2n1-c1ccnc2c(Cl)cccc12. The molecule has 9 heteroatoms. The van der Waals surface area contributed by atoms with Crippen molar-refractivity contribution in [3.63, 3.8) is 0 Å². The van der Waals surface area contributed by atoms with Gasteiger partial charge in [0, 0.05) is 28.9 Å². The van der Waals surface area contributed by atoms with E-state index in [2.05, 4.69) is 20.7 Å². The van der Waals surface area contributed by atoms with Gasteiger partial charge < -0.3 is 5.73 Å². The van der Waals surface area contributed by atoms with Gasteiger partial charge in [-0.25, -0.2) is 14.4 Å². The Morgan fingerprint density at radius 1 is 1.03 bits per heavy atom. The van der Waals surface area contributed by atoms with Crippen molar-refractivity contribution < 1.29 is 13.6 Å². The number of aromatic nitrogens is 4. The summed E-state index contributed by atoms with van der Waals surface area (Å²) in [6.07, 6.45) is 3.47. The highest BCUT2D eigenvalue weighted by atomic mass is 35.5. The van der Waals surface area contributed by atoms with Crippen LogP contribution in [-0.2, 0) is 0 Å². The fraction of sp³-hybridized carbons (Fsp3) is 0.0833. The summed E-state index contributed by atoms with van der Waals surface area (Å²) in [5.41, 5.74) is 7.51. The van der Waals surface area contributed by atoms with Gasteiger partial charge in [0.1, 0.15) is 5.82 Å². The van der Waals surface area contributed by atoms with Crippen molar-refractivity contribution in [2.24, 2.45) is 5.73 Å². The number of benzene rings is 2. The lowest BCUT2D eigenvalue weighted by atomic mass is 10.0. The highest BCUT2D eigenvalue weighted by Crippen LogP contribution is 2.34. The van der Waals surface area contributed by atoms with Crippen molar-refractivity contribution in [1.29, 1.82) is 0 Å². The number of nitrogens with zero attached hydrogens (tertiary/aromatic N) is 4. The number of fused-ring (bicyclic) bond motifs is 2. The van der Waals surface area contributed by atoms with Crippen LogP contribution >= 0.6 is 11.6 Å². The topological polar surface area (TPSA) is 86.7 Å². The minimum atomic E-state index is -1.20.